The minimum atomic E-state index is -0.312. The number of rotatable bonds is 4. The molecule has 0 atom stereocenters. The van der Waals surface area contributed by atoms with Crippen LogP contribution in [0.2, 0.25) is 0 Å². The summed E-state index contributed by atoms with van der Waals surface area (Å²) in [7, 11) is 0. The third-order valence-electron chi connectivity index (χ3n) is 5.47. The van der Waals surface area contributed by atoms with Crippen LogP contribution < -0.4 is 15.8 Å². The number of carbonyl (C=O) groups is 1. The molecular weight excluding hydrogens is 398 g/mol. The minimum Gasteiger partial charge on any atom is -0.378 e. The summed E-state index contributed by atoms with van der Waals surface area (Å²) in [5.74, 6) is -0.312. The molecule has 1 aliphatic heterocycles. The molecule has 1 aromatic carbocycles. The SMILES string of the molecule is CC(C)n1[nH]c2cc(NC(=O)c3cnn4cccnc34)c(N3CCOCC3)cc2c1=O. The molecule has 1 amide bonds. The normalized spacial score (nSPS) is 14.6. The first-order chi connectivity index (χ1) is 15.0. The van der Waals surface area contributed by atoms with Crippen LogP contribution in [0.15, 0.2) is 41.6 Å². The van der Waals surface area contributed by atoms with Gasteiger partial charge in [0.25, 0.3) is 11.5 Å². The molecule has 1 aliphatic rings. The molecule has 0 unspecified atom stereocenters. The van der Waals surface area contributed by atoms with Crippen molar-refractivity contribution >= 4 is 33.8 Å². The average molecular weight is 421 g/mol. The van der Waals surface area contributed by atoms with Crippen LogP contribution in [-0.4, -0.2) is 56.6 Å². The fraction of sp³-hybridized carbons (Fsp3) is 0.333. The Balaban J connectivity index is 1.60. The largest absolute Gasteiger partial charge is 0.378 e. The van der Waals surface area contributed by atoms with E-state index in [0.717, 1.165) is 5.69 Å². The second kappa shape index (κ2) is 7.55. The monoisotopic (exact) mass is 421 g/mol. The number of aromatic nitrogens is 5. The molecule has 0 bridgehead atoms. The van der Waals surface area contributed by atoms with Crippen molar-refractivity contribution in [1.29, 1.82) is 0 Å². The summed E-state index contributed by atoms with van der Waals surface area (Å²) < 4.78 is 8.62. The second-order valence-corrected chi connectivity index (χ2v) is 7.80. The molecule has 4 heterocycles. The standard InChI is InChI=1S/C21H23N7O3/c1-13(2)28-21(30)14-10-18(26-6-8-31-9-7-26)17(11-16(14)25-28)24-20(29)15-12-23-27-5-3-4-22-19(15)27/h3-5,10-13,25H,6-9H2,1-2H3,(H,24,29). The van der Waals surface area contributed by atoms with E-state index in [9.17, 15) is 9.59 Å². The predicted octanol–water partition coefficient (Wildman–Crippen LogP) is 2.04. The zero-order valence-electron chi connectivity index (χ0n) is 17.3. The van der Waals surface area contributed by atoms with Gasteiger partial charge < -0.3 is 15.0 Å². The molecule has 0 saturated carbocycles. The van der Waals surface area contributed by atoms with Gasteiger partial charge in [0.15, 0.2) is 5.65 Å². The third-order valence-corrected chi connectivity index (χ3v) is 5.47. The summed E-state index contributed by atoms with van der Waals surface area (Å²) in [5, 5.41) is 10.9. The fourth-order valence-electron chi connectivity index (χ4n) is 3.87. The third kappa shape index (κ3) is 3.34. The van der Waals surface area contributed by atoms with Gasteiger partial charge in [-0.1, -0.05) is 0 Å². The summed E-state index contributed by atoms with van der Waals surface area (Å²) in [4.78, 5) is 32.4. The van der Waals surface area contributed by atoms with Gasteiger partial charge in [0.1, 0.15) is 5.56 Å². The number of benzene rings is 1. The highest BCUT2D eigenvalue weighted by Gasteiger charge is 2.22. The van der Waals surface area contributed by atoms with Gasteiger partial charge >= 0.3 is 0 Å². The Bertz CT molecular complexity index is 1330. The number of ether oxygens (including phenoxy) is 1. The van der Waals surface area contributed by atoms with Crippen LogP contribution in [0.4, 0.5) is 11.4 Å². The molecule has 1 saturated heterocycles. The summed E-state index contributed by atoms with van der Waals surface area (Å²) in [6.45, 7) is 6.42. The lowest BCUT2D eigenvalue weighted by atomic mass is 10.1. The number of hydrogen-bond acceptors (Lipinski definition) is 6. The number of morpholine rings is 1. The molecule has 0 spiro atoms. The van der Waals surface area contributed by atoms with Gasteiger partial charge in [-0.05, 0) is 32.0 Å². The Morgan fingerprint density at radius 1 is 1.26 bits per heavy atom. The van der Waals surface area contributed by atoms with E-state index < -0.39 is 0 Å². The first kappa shape index (κ1) is 19.3. The number of nitrogens with zero attached hydrogens (tertiary/aromatic N) is 5. The predicted molar refractivity (Wildman–Crippen MR) is 117 cm³/mol. The van der Waals surface area contributed by atoms with E-state index in [2.05, 4.69) is 25.4 Å². The molecule has 31 heavy (non-hydrogen) atoms. The highest BCUT2D eigenvalue weighted by atomic mass is 16.5. The maximum absolute atomic E-state index is 13.1. The van der Waals surface area contributed by atoms with E-state index in [-0.39, 0.29) is 17.5 Å². The van der Waals surface area contributed by atoms with Crippen molar-refractivity contribution in [3.05, 3.63) is 52.7 Å². The van der Waals surface area contributed by atoms with Gasteiger partial charge in [-0.3, -0.25) is 14.7 Å². The van der Waals surface area contributed by atoms with Crippen molar-refractivity contribution in [2.24, 2.45) is 0 Å². The van der Waals surface area contributed by atoms with E-state index in [1.165, 1.54) is 6.20 Å². The average Bonchev–Trinajstić information content (AvgIpc) is 3.35. The lowest BCUT2D eigenvalue weighted by Crippen LogP contribution is -2.36. The number of amides is 1. The van der Waals surface area contributed by atoms with Gasteiger partial charge in [0.05, 0.1) is 41.7 Å². The highest BCUT2D eigenvalue weighted by molar-refractivity contribution is 6.10. The molecule has 10 heteroatoms. The minimum absolute atomic E-state index is 0.00497. The van der Waals surface area contributed by atoms with Gasteiger partial charge in [0, 0.05) is 31.5 Å². The van der Waals surface area contributed by atoms with E-state index in [1.54, 1.807) is 27.7 Å². The summed E-state index contributed by atoms with van der Waals surface area (Å²) in [5.41, 5.74) is 2.86. The van der Waals surface area contributed by atoms with E-state index in [4.69, 9.17) is 4.74 Å². The summed E-state index contributed by atoms with van der Waals surface area (Å²) >= 11 is 0. The number of carbonyl (C=O) groups excluding carboxylic acids is 1. The molecule has 5 rings (SSSR count). The quantitative estimate of drug-likeness (QED) is 0.522. The molecular formula is C21H23N7O3. The Hall–Kier alpha value is -3.66. The Morgan fingerprint density at radius 3 is 2.84 bits per heavy atom. The van der Waals surface area contributed by atoms with E-state index >= 15 is 0 Å². The van der Waals surface area contributed by atoms with Crippen LogP contribution >= 0.6 is 0 Å². The van der Waals surface area contributed by atoms with Crippen LogP contribution in [0.5, 0.6) is 0 Å². The van der Waals surface area contributed by atoms with Crippen LogP contribution in [0.25, 0.3) is 16.6 Å². The number of fused-ring (bicyclic) bond motifs is 2. The first-order valence-corrected chi connectivity index (χ1v) is 10.2. The molecule has 160 valence electrons. The molecule has 4 aromatic rings. The van der Waals surface area contributed by atoms with Crippen molar-refractivity contribution in [3.8, 4) is 0 Å². The van der Waals surface area contributed by atoms with Crippen LogP contribution in [0, 0.1) is 0 Å². The highest BCUT2D eigenvalue weighted by Crippen LogP contribution is 2.31. The molecule has 0 aliphatic carbocycles. The molecule has 10 nitrogen and oxygen atoms in total. The fourth-order valence-corrected chi connectivity index (χ4v) is 3.87. The summed E-state index contributed by atoms with van der Waals surface area (Å²) in [6.07, 6.45) is 4.86. The zero-order chi connectivity index (χ0) is 21.5. The number of anilines is 2. The van der Waals surface area contributed by atoms with Crippen LogP contribution in [-0.2, 0) is 4.74 Å². The first-order valence-electron chi connectivity index (χ1n) is 10.2. The van der Waals surface area contributed by atoms with Gasteiger partial charge in [-0.2, -0.15) is 5.10 Å². The Morgan fingerprint density at radius 2 is 2.06 bits per heavy atom. The maximum Gasteiger partial charge on any atom is 0.274 e. The Kier molecular flexibility index (Phi) is 4.70. The lowest BCUT2D eigenvalue weighted by Gasteiger charge is -2.30. The van der Waals surface area contributed by atoms with Crippen LogP contribution in [0.3, 0.4) is 0 Å². The van der Waals surface area contributed by atoms with E-state index in [0.29, 0.717) is 54.1 Å². The molecule has 3 aromatic heterocycles. The lowest BCUT2D eigenvalue weighted by molar-refractivity contribution is 0.102. The molecule has 0 radical (unpaired) electrons. The van der Waals surface area contributed by atoms with Crippen molar-refractivity contribution < 1.29 is 9.53 Å². The smallest absolute Gasteiger partial charge is 0.274 e. The van der Waals surface area contributed by atoms with Gasteiger partial charge in [0.2, 0.25) is 0 Å². The van der Waals surface area contributed by atoms with Crippen molar-refractivity contribution in [1.82, 2.24) is 24.4 Å². The number of aromatic amines is 1. The second-order valence-electron chi connectivity index (χ2n) is 7.80. The molecule has 1 fully saturated rings. The number of H-pyrrole nitrogens is 1. The number of hydrogen-bond donors (Lipinski definition) is 2. The van der Waals surface area contributed by atoms with Crippen molar-refractivity contribution in [3.63, 3.8) is 0 Å². The summed E-state index contributed by atoms with van der Waals surface area (Å²) in [6, 6.07) is 5.41. The zero-order valence-corrected chi connectivity index (χ0v) is 17.3. The van der Waals surface area contributed by atoms with Gasteiger partial charge in [-0.25, -0.2) is 14.2 Å². The van der Waals surface area contributed by atoms with Crippen LogP contribution in [0.1, 0.15) is 30.2 Å². The number of nitrogens with one attached hydrogen (secondary N) is 2. The Labute approximate surface area is 177 Å². The van der Waals surface area contributed by atoms with Gasteiger partial charge in [-0.15, -0.1) is 0 Å². The van der Waals surface area contributed by atoms with E-state index in [1.807, 2.05) is 26.0 Å². The van der Waals surface area contributed by atoms with Crippen molar-refractivity contribution in [2.75, 3.05) is 36.5 Å². The topological polar surface area (TPSA) is 110 Å². The maximum atomic E-state index is 13.1. The van der Waals surface area contributed by atoms with Crippen molar-refractivity contribution in [2.45, 2.75) is 19.9 Å². The molecule has 2 N–H and O–H groups in total.